The van der Waals surface area contributed by atoms with E-state index in [1.54, 1.807) is 12.1 Å². The standard InChI is InChI=1S/C13H20N2O3S2/c1-9-7-15(8-10(2)19-9)20(16,17)13-5-4-11(18-3)6-12(13)14/h4-6,9-10H,7-8,14H2,1-3H3. The molecule has 1 aliphatic heterocycles. The van der Waals surface area contributed by atoms with Crippen molar-refractivity contribution in [2.24, 2.45) is 0 Å². The van der Waals surface area contributed by atoms with Gasteiger partial charge in [-0.2, -0.15) is 16.1 Å². The molecule has 0 aliphatic carbocycles. The van der Waals surface area contributed by atoms with E-state index in [4.69, 9.17) is 10.5 Å². The molecule has 112 valence electrons. The number of methoxy groups -OCH3 is 1. The van der Waals surface area contributed by atoms with Crippen LogP contribution in [0.1, 0.15) is 13.8 Å². The largest absolute Gasteiger partial charge is 0.497 e. The molecule has 1 heterocycles. The average Bonchev–Trinajstić information content (AvgIpc) is 2.37. The van der Waals surface area contributed by atoms with Crippen molar-refractivity contribution in [3.05, 3.63) is 18.2 Å². The van der Waals surface area contributed by atoms with E-state index in [0.717, 1.165) is 0 Å². The lowest BCUT2D eigenvalue weighted by atomic mass is 10.3. The van der Waals surface area contributed by atoms with E-state index >= 15 is 0 Å². The number of nitrogens with two attached hydrogens (primary N) is 1. The fourth-order valence-electron chi connectivity index (χ4n) is 2.35. The van der Waals surface area contributed by atoms with E-state index in [1.165, 1.54) is 17.5 Å². The van der Waals surface area contributed by atoms with E-state index in [-0.39, 0.29) is 21.1 Å². The smallest absolute Gasteiger partial charge is 0.245 e. The number of hydrogen-bond donors (Lipinski definition) is 1. The fraction of sp³-hybridized carbons (Fsp3) is 0.538. The molecule has 0 radical (unpaired) electrons. The number of ether oxygens (including phenoxy) is 1. The van der Waals surface area contributed by atoms with Gasteiger partial charge < -0.3 is 10.5 Å². The Bertz CT molecular complexity index is 579. The van der Waals surface area contributed by atoms with E-state index in [2.05, 4.69) is 0 Å². The minimum absolute atomic E-state index is 0.157. The molecule has 0 bridgehead atoms. The van der Waals surface area contributed by atoms with Crippen molar-refractivity contribution in [1.29, 1.82) is 0 Å². The summed E-state index contributed by atoms with van der Waals surface area (Å²) in [6, 6.07) is 4.67. The summed E-state index contributed by atoms with van der Waals surface area (Å²) in [6.07, 6.45) is 0. The van der Waals surface area contributed by atoms with Crippen molar-refractivity contribution < 1.29 is 13.2 Å². The lowest BCUT2D eigenvalue weighted by Crippen LogP contribution is -2.44. The molecule has 0 saturated carbocycles. The van der Waals surface area contributed by atoms with Gasteiger partial charge in [-0.15, -0.1) is 0 Å². The van der Waals surface area contributed by atoms with Crippen LogP contribution in [-0.2, 0) is 10.0 Å². The normalized spacial score (nSPS) is 24.6. The number of rotatable bonds is 3. The second-order valence-corrected chi connectivity index (χ2v) is 8.77. The molecular weight excluding hydrogens is 296 g/mol. The summed E-state index contributed by atoms with van der Waals surface area (Å²) in [6.45, 7) is 5.12. The Labute approximate surface area is 124 Å². The topological polar surface area (TPSA) is 72.6 Å². The first-order valence-electron chi connectivity index (χ1n) is 6.43. The van der Waals surface area contributed by atoms with Crippen molar-refractivity contribution in [2.45, 2.75) is 29.2 Å². The minimum Gasteiger partial charge on any atom is -0.497 e. The van der Waals surface area contributed by atoms with E-state index in [9.17, 15) is 8.42 Å². The fourth-order valence-corrected chi connectivity index (χ4v) is 5.58. The first-order valence-corrected chi connectivity index (χ1v) is 8.82. The zero-order valence-electron chi connectivity index (χ0n) is 11.9. The number of nitrogen functional groups attached to an aromatic ring is 1. The Morgan fingerprint density at radius 2 is 1.90 bits per heavy atom. The molecule has 1 aromatic carbocycles. The Morgan fingerprint density at radius 1 is 1.30 bits per heavy atom. The lowest BCUT2D eigenvalue weighted by Gasteiger charge is -2.33. The lowest BCUT2D eigenvalue weighted by molar-refractivity contribution is 0.404. The molecule has 2 rings (SSSR count). The Hall–Kier alpha value is -0.920. The van der Waals surface area contributed by atoms with Crippen LogP contribution in [0.25, 0.3) is 0 Å². The van der Waals surface area contributed by atoms with Crippen LogP contribution >= 0.6 is 11.8 Å². The van der Waals surface area contributed by atoms with Crippen molar-refractivity contribution in [3.63, 3.8) is 0 Å². The van der Waals surface area contributed by atoms with Gasteiger partial charge in [0.25, 0.3) is 0 Å². The zero-order valence-corrected chi connectivity index (χ0v) is 13.5. The molecule has 0 amide bonds. The summed E-state index contributed by atoms with van der Waals surface area (Å²) < 4.78 is 32.0. The van der Waals surface area contributed by atoms with Crippen LogP contribution in [0.3, 0.4) is 0 Å². The van der Waals surface area contributed by atoms with Crippen molar-refractivity contribution in [2.75, 3.05) is 25.9 Å². The van der Waals surface area contributed by atoms with E-state index in [1.807, 2.05) is 25.6 Å². The third-order valence-corrected chi connectivity index (χ3v) is 6.35. The zero-order chi connectivity index (χ0) is 14.9. The summed E-state index contributed by atoms with van der Waals surface area (Å²) in [5.74, 6) is 0.553. The molecule has 1 aromatic rings. The van der Waals surface area contributed by atoms with Crippen LogP contribution in [0, 0.1) is 0 Å². The monoisotopic (exact) mass is 316 g/mol. The minimum atomic E-state index is -3.54. The number of hydrogen-bond acceptors (Lipinski definition) is 5. The van der Waals surface area contributed by atoms with Crippen LogP contribution in [0.15, 0.2) is 23.1 Å². The van der Waals surface area contributed by atoms with Gasteiger partial charge >= 0.3 is 0 Å². The molecule has 7 heteroatoms. The van der Waals surface area contributed by atoms with Gasteiger partial charge in [-0.05, 0) is 12.1 Å². The predicted molar refractivity (Wildman–Crippen MR) is 82.7 cm³/mol. The van der Waals surface area contributed by atoms with Gasteiger partial charge in [0, 0.05) is 29.7 Å². The van der Waals surface area contributed by atoms with Gasteiger partial charge in [0.1, 0.15) is 10.6 Å². The molecule has 20 heavy (non-hydrogen) atoms. The van der Waals surface area contributed by atoms with Gasteiger partial charge in [0.15, 0.2) is 0 Å². The molecule has 1 saturated heterocycles. The molecule has 1 fully saturated rings. The number of anilines is 1. The number of thioether (sulfide) groups is 1. The van der Waals surface area contributed by atoms with Gasteiger partial charge in [-0.3, -0.25) is 0 Å². The highest BCUT2D eigenvalue weighted by Crippen LogP contribution is 2.31. The number of nitrogens with zero attached hydrogens (tertiary/aromatic N) is 1. The van der Waals surface area contributed by atoms with Gasteiger partial charge in [-0.25, -0.2) is 8.42 Å². The van der Waals surface area contributed by atoms with Crippen LogP contribution in [-0.4, -0.2) is 43.4 Å². The molecule has 2 atom stereocenters. The molecular formula is C13H20N2O3S2. The van der Waals surface area contributed by atoms with Crippen LogP contribution in [0.5, 0.6) is 5.75 Å². The SMILES string of the molecule is COc1ccc(S(=O)(=O)N2CC(C)SC(C)C2)c(N)c1. The van der Waals surface area contributed by atoms with E-state index in [0.29, 0.717) is 18.8 Å². The molecule has 0 spiro atoms. The molecule has 2 N–H and O–H groups in total. The third-order valence-electron chi connectivity index (χ3n) is 3.22. The highest BCUT2D eigenvalue weighted by atomic mass is 32.2. The summed E-state index contributed by atoms with van der Waals surface area (Å²) in [4.78, 5) is 0.157. The second-order valence-electron chi connectivity index (χ2n) is 4.98. The molecule has 1 aliphatic rings. The van der Waals surface area contributed by atoms with Crippen molar-refractivity contribution in [1.82, 2.24) is 4.31 Å². The Morgan fingerprint density at radius 3 is 2.40 bits per heavy atom. The highest BCUT2D eigenvalue weighted by molar-refractivity contribution is 8.00. The average molecular weight is 316 g/mol. The van der Waals surface area contributed by atoms with Crippen LogP contribution < -0.4 is 10.5 Å². The van der Waals surface area contributed by atoms with Gasteiger partial charge in [0.05, 0.1) is 12.8 Å². The summed E-state index contributed by atoms with van der Waals surface area (Å²) in [5, 5.41) is 0.570. The maximum atomic E-state index is 12.7. The van der Waals surface area contributed by atoms with Crippen LogP contribution in [0.2, 0.25) is 0 Å². The maximum absolute atomic E-state index is 12.7. The molecule has 5 nitrogen and oxygen atoms in total. The maximum Gasteiger partial charge on any atom is 0.245 e. The van der Waals surface area contributed by atoms with Gasteiger partial charge in [-0.1, -0.05) is 13.8 Å². The molecule has 2 unspecified atom stereocenters. The summed E-state index contributed by atoms with van der Waals surface area (Å²) in [7, 11) is -2.02. The molecule has 0 aromatic heterocycles. The second kappa shape index (κ2) is 5.83. The first kappa shape index (κ1) is 15.5. The van der Waals surface area contributed by atoms with E-state index < -0.39 is 10.0 Å². The summed E-state index contributed by atoms with van der Waals surface area (Å²) >= 11 is 1.81. The predicted octanol–water partition coefficient (Wildman–Crippen LogP) is 1.79. The first-order chi connectivity index (χ1) is 9.34. The van der Waals surface area contributed by atoms with Gasteiger partial charge in [0.2, 0.25) is 10.0 Å². The van der Waals surface area contributed by atoms with Crippen LogP contribution in [0.4, 0.5) is 5.69 Å². The Kier molecular flexibility index (Phi) is 4.51. The quantitative estimate of drug-likeness (QED) is 0.861. The number of sulfonamides is 1. The van der Waals surface area contributed by atoms with Crippen molar-refractivity contribution in [3.8, 4) is 5.75 Å². The third kappa shape index (κ3) is 3.05. The highest BCUT2D eigenvalue weighted by Gasteiger charge is 2.33. The Balaban J connectivity index is 2.35. The van der Waals surface area contributed by atoms with Crippen molar-refractivity contribution >= 4 is 27.5 Å². The summed E-state index contributed by atoms with van der Waals surface area (Å²) in [5.41, 5.74) is 6.09. The number of benzene rings is 1.